The van der Waals surface area contributed by atoms with Gasteiger partial charge in [0.2, 0.25) is 0 Å². The van der Waals surface area contributed by atoms with Gasteiger partial charge in [-0.2, -0.15) is 11.8 Å². The molecule has 106 valence electrons. The summed E-state index contributed by atoms with van der Waals surface area (Å²) in [4.78, 5) is 6.19. The second-order valence-electron chi connectivity index (χ2n) is 4.71. The van der Waals surface area contributed by atoms with Gasteiger partial charge in [0, 0.05) is 54.0 Å². The minimum Gasteiger partial charge on any atom is -0.353 e. The second-order valence-corrected chi connectivity index (χ2v) is 8.06. The molecule has 7 heteroatoms. The summed E-state index contributed by atoms with van der Waals surface area (Å²) in [5.74, 6) is 1.53. The Morgan fingerprint density at radius 3 is 2.95 bits per heavy atom. The molecule has 1 aliphatic heterocycles. The molecule has 1 saturated heterocycles. The second kappa shape index (κ2) is 5.68. The van der Waals surface area contributed by atoms with Gasteiger partial charge in [-0.05, 0) is 13.0 Å². The lowest BCUT2D eigenvalue weighted by Gasteiger charge is -2.37. The van der Waals surface area contributed by atoms with Gasteiger partial charge in [-0.15, -0.1) is 0 Å². The molecule has 19 heavy (non-hydrogen) atoms. The first kappa shape index (κ1) is 14.6. The minimum absolute atomic E-state index is 0.364. The van der Waals surface area contributed by atoms with E-state index in [4.69, 9.17) is 5.73 Å². The van der Waals surface area contributed by atoms with Crippen LogP contribution in [-0.4, -0.2) is 43.1 Å². The van der Waals surface area contributed by atoms with E-state index in [1.165, 1.54) is 6.26 Å². The molecule has 5 nitrogen and oxygen atoms in total. The molecule has 2 N–H and O–H groups in total. The summed E-state index contributed by atoms with van der Waals surface area (Å²) in [5, 5.41) is -0.474. The highest BCUT2D eigenvalue weighted by Gasteiger charge is 2.32. The van der Waals surface area contributed by atoms with Crippen LogP contribution in [0.3, 0.4) is 0 Å². The van der Waals surface area contributed by atoms with Gasteiger partial charge >= 0.3 is 0 Å². The van der Waals surface area contributed by atoms with Crippen LogP contribution >= 0.6 is 11.8 Å². The fraction of sp³-hybridized carbons (Fsp3) is 0.583. The Morgan fingerprint density at radius 2 is 2.32 bits per heavy atom. The zero-order chi connectivity index (χ0) is 14.0. The van der Waals surface area contributed by atoms with Crippen LogP contribution in [0.5, 0.6) is 0 Å². The average Bonchev–Trinajstić information content (AvgIpc) is 2.37. The fourth-order valence-electron chi connectivity index (χ4n) is 2.21. The van der Waals surface area contributed by atoms with Gasteiger partial charge in [0.05, 0.1) is 0 Å². The SMILES string of the molecule is Cc1cc(N2CCSCC2S(C)(=O)=O)c(CN)cn1. The molecule has 0 spiro atoms. The summed E-state index contributed by atoms with van der Waals surface area (Å²) in [7, 11) is -3.12. The van der Waals surface area contributed by atoms with Crippen LogP contribution in [0.1, 0.15) is 11.3 Å². The van der Waals surface area contributed by atoms with E-state index in [2.05, 4.69) is 4.98 Å². The van der Waals surface area contributed by atoms with E-state index in [9.17, 15) is 8.42 Å². The Labute approximate surface area is 118 Å². The Bertz CT molecular complexity index is 560. The van der Waals surface area contributed by atoms with E-state index in [0.717, 1.165) is 29.2 Å². The standard InChI is InChI=1S/C12H19N3O2S2/c1-9-5-11(10(6-13)7-14-9)15-3-4-18-8-12(15)19(2,16)17/h5,7,12H,3-4,6,8,13H2,1-2H3. The summed E-state index contributed by atoms with van der Waals surface area (Å²) in [6.45, 7) is 2.99. The van der Waals surface area contributed by atoms with Crippen molar-refractivity contribution in [3.8, 4) is 0 Å². The average molecular weight is 301 g/mol. The number of anilines is 1. The van der Waals surface area contributed by atoms with Gasteiger partial charge < -0.3 is 10.6 Å². The zero-order valence-electron chi connectivity index (χ0n) is 11.2. The van der Waals surface area contributed by atoms with Gasteiger partial charge in [-0.3, -0.25) is 4.98 Å². The number of nitrogens with two attached hydrogens (primary N) is 1. The third kappa shape index (κ3) is 3.21. The van der Waals surface area contributed by atoms with Crippen molar-refractivity contribution in [2.24, 2.45) is 5.73 Å². The highest BCUT2D eigenvalue weighted by atomic mass is 32.2. The van der Waals surface area contributed by atoms with Crippen LogP contribution in [0.15, 0.2) is 12.3 Å². The number of aromatic nitrogens is 1. The smallest absolute Gasteiger partial charge is 0.169 e. The molecule has 0 aliphatic carbocycles. The Morgan fingerprint density at radius 1 is 1.58 bits per heavy atom. The zero-order valence-corrected chi connectivity index (χ0v) is 12.8. The summed E-state index contributed by atoms with van der Waals surface area (Å²) in [5.41, 5.74) is 8.42. The quantitative estimate of drug-likeness (QED) is 0.889. The van der Waals surface area contributed by atoms with Gasteiger partial charge in [0.15, 0.2) is 9.84 Å². The van der Waals surface area contributed by atoms with Crippen molar-refractivity contribution in [3.05, 3.63) is 23.5 Å². The molecule has 1 aliphatic rings. The summed E-state index contributed by atoms with van der Waals surface area (Å²) >= 11 is 1.68. The maximum atomic E-state index is 12.0. The Balaban J connectivity index is 2.45. The Kier molecular flexibility index (Phi) is 4.37. The first-order valence-electron chi connectivity index (χ1n) is 6.12. The third-order valence-electron chi connectivity index (χ3n) is 3.21. The van der Waals surface area contributed by atoms with Crippen LogP contribution in [-0.2, 0) is 16.4 Å². The number of thioether (sulfide) groups is 1. The fourth-order valence-corrected chi connectivity index (χ4v) is 5.04. The van der Waals surface area contributed by atoms with Crippen molar-refractivity contribution >= 4 is 27.3 Å². The molecule has 1 aromatic rings. The number of hydrogen-bond donors (Lipinski definition) is 1. The molecule has 2 rings (SSSR count). The van der Waals surface area contributed by atoms with Gasteiger partial charge in [-0.1, -0.05) is 0 Å². The van der Waals surface area contributed by atoms with E-state index in [-0.39, 0.29) is 0 Å². The van der Waals surface area contributed by atoms with Crippen molar-refractivity contribution in [3.63, 3.8) is 0 Å². The number of rotatable bonds is 3. The van der Waals surface area contributed by atoms with Crippen molar-refractivity contribution in [2.75, 3.05) is 29.2 Å². The topological polar surface area (TPSA) is 76.3 Å². The molecule has 1 atom stereocenters. The van der Waals surface area contributed by atoms with Crippen LogP contribution in [0.2, 0.25) is 0 Å². The van der Waals surface area contributed by atoms with Crippen molar-refractivity contribution in [2.45, 2.75) is 18.8 Å². The van der Waals surface area contributed by atoms with E-state index in [0.29, 0.717) is 12.3 Å². The number of pyridine rings is 1. The first-order chi connectivity index (χ1) is 8.93. The van der Waals surface area contributed by atoms with E-state index in [1.807, 2.05) is 17.9 Å². The van der Waals surface area contributed by atoms with Crippen molar-refractivity contribution in [1.29, 1.82) is 0 Å². The molecule has 0 aromatic carbocycles. The number of aryl methyl sites for hydroxylation is 1. The molecular weight excluding hydrogens is 282 g/mol. The van der Waals surface area contributed by atoms with Gasteiger partial charge in [0.1, 0.15) is 5.37 Å². The minimum atomic E-state index is -3.12. The lowest BCUT2D eigenvalue weighted by atomic mass is 10.2. The molecule has 1 unspecified atom stereocenters. The summed E-state index contributed by atoms with van der Waals surface area (Å²) in [6, 6.07) is 1.93. The van der Waals surface area contributed by atoms with E-state index in [1.54, 1.807) is 18.0 Å². The summed E-state index contributed by atoms with van der Waals surface area (Å²) < 4.78 is 23.9. The highest BCUT2D eigenvalue weighted by molar-refractivity contribution is 8.01. The molecular formula is C12H19N3O2S2. The lowest BCUT2D eigenvalue weighted by Crippen LogP contribution is -2.47. The van der Waals surface area contributed by atoms with Crippen molar-refractivity contribution in [1.82, 2.24) is 4.98 Å². The van der Waals surface area contributed by atoms with Crippen LogP contribution in [0.25, 0.3) is 0 Å². The molecule has 1 fully saturated rings. The normalized spacial score (nSPS) is 20.6. The molecule has 2 heterocycles. The summed E-state index contributed by atoms with van der Waals surface area (Å²) in [6.07, 6.45) is 3.04. The largest absolute Gasteiger partial charge is 0.353 e. The van der Waals surface area contributed by atoms with Gasteiger partial charge in [-0.25, -0.2) is 8.42 Å². The van der Waals surface area contributed by atoms with Crippen LogP contribution in [0, 0.1) is 6.92 Å². The van der Waals surface area contributed by atoms with Crippen LogP contribution in [0.4, 0.5) is 5.69 Å². The maximum Gasteiger partial charge on any atom is 0.169 e. The van der Waals surface area contributed by atoms with E-state index >= 15 is 0 Å². The number of sulfone groups is 1. The number of nitrogens with zero attached hydrogens (tertiary/aromatic N) is 2. The van der Waals surface area contributed by atoms with Crippen LogP contribution < -0.4 is 10.6 Å². The predicted octanol–water partition coefficient (Wildman–Crippen LogP) is 0.773. The molecule has 0 radical (unpaired) electrons. The maximum absolute atomic E-state index is 12.0. The Hall–Kier alpha value is -0.790. The van der Waals surface area contributed by atoms with E-state index < -0.39 is 15.2 Å². The first-order valence-corrected chi connectivity index (χ1v) is 9.23. The highest BCUT2D eigenvalue weighted by Crippen LogP contribution is 2.29. The molecule has 0 saturated carbocycles. The lowest BCUT2D eigenvalue weighted by molar-refractivity contribution is 0.584. The molecule has 0 bridgehead atoms. The monoisotopic (exact) mass is 301 g/mol. The number of hydrogen-bond acceptors (Lipinski definition) is 6. The third-order valence-corrected chi connectivity index (χ3v) is 5.85. The molecule has 0 amide bonds. The van der Waals surface area contributed by atoms with Gasteiger partial charge in [0.25, 0.3) is 0 Å². The van der Waals surface area contributed by atoms with Crippen molar-refractivity contribution < 1.29 is 8.42 Å². The predicted molar refractivity (Wildman–Crippen MR) is 80.2 cm³/mol. The molecule has 1 aromatic heterocycles.